The fourth-order valence-electron chi connectivity index (χ4n) is 5.08. The number of fused-ring (bicyclic) bond motifs is 1. The van der Waals surface area contributed by atoms with Gasteiger partial charge in [0.15, 0.2) is 5.82 Å². The van der Waals surface area contributed by atoms with Gasteiger partial charge < -0.3 is 10.1 Å². The molecule has 0 amide bonds. The third-order valence-corrected chi connectivity index (χ3v) is 6.79. The Bertz CT molecular complexity index is 1100. The van der Waals surface area contributed by atoms with Crippen molar-refractivity contribution in [3.05, 3.63) is 51.6 Å². The zero-order valence-electron chi connectivity index (χ0n) is 19.8. The number of hydrogen-bond donors (Lipinski definition) is 2. The highest BCUT2D eigenvalue weighted by molar-refractivity contribution is 5.79. The first-order chi connectivity index (χ1) is 16.1. The van der Waals surface area contributed by atoms with Crippen LogP contribution in [0.15, 0.2) is 29.1 Å². The van der Waals surface area contributed by atoms with E-state index in [2.05, 4.69) is 45.3 Å². The molecule has 1 aliphatic rings. The number of pyridine rings is 1. The van der Waals surface area contributed by atoms with Gasteiger partial charge in [-0.25, -0.2) is 4.68 Å². The number of benzene rings is 1. The number of H-pyrrole nitrogens is 1. The van der Waals surface area contributed by atoms with Gasteiger partial charge in [0.2, 0.25) is 0 Å². The number of aromatic amines is 1. The van der Waals surface area contributed by atoms with Crippen molar-refractivity contribution in [1.82, 2.24) is 30.1 Å². The van der Waals surface area contributed by atoms with E-state index in [0.717, 1.165) is 53.5 Å². The number of nitrogens with zero attached hydrogens (tertiary/aromatic N) is 5. The molecule has 0 spiro atoms. The number of aliphatic hydroxyl groups is 1. The lowest BCUT2D eigenvalue weighted by atomic mass is 9.95. The average molecular weight is 453 g/mol. The van der Waals surface area contributed by atoms with E-state index >= 15 is 0 Å². The summed E-state index contributed by atoms with van der Waals surface area (Å²) in [5.74, 6) is 0.884. The highest BCUT2D eigenvalue weighted by Crippen LogP contribution is 2.32. The quantitative estimate of drug-likeness (QED) is 0.481. The van der Waals surface area contributed by atoms with Crippen LogP contribution in [0.2, 0.25) is 0 Å². The number of rotatable bonds is 10. The summed E-state index contributed by atoms with van der Waals surface area (Å²) in [6.45, 7) is 5.49. The van der Waals surface area contributed by atoms with E-state index in [9.17, 15) is 9.90 Å². The average Bonchev–Trinajstić information content (AvgIpc) is 3.31. The third kappa shape index (κ3) is 5.50. The lowest BCUT2D eigenvalue weighted by Crippen LogP contribution is -2.34. The van der Waals surface area contributed by atoms with E-state index in [1.54, 1.807) is 0 Å². The normalized spacial score (nSPS) is 16.0. The van der Waals surface area contributed by atoms with Crippen molar-refractivity contribution in [2.75, 3.05) is 13.2 Å². The molecule has 1 aliphatic carbocycles. The molecule has 0 radical (unpaired) electrons. The second-order valence-electron chi connectivity index (χ2n) is 9.34. The highest BCUT2D eigenvalue weighted by Gasteiger charge is 2.29. The Morgan fingerprint density at radius 1 is 1.24 bits per heavy atom. The number of hydrogen-bond acceptors (Lipinski definition) is 6. The van der Waals surface area contributed by atoms with Crippen LogP contribution in [-0.4, -0.2) is 48.3 Å². The Balaban J connectivity index is 1.68. The second kappa shape index (κ2) is 11.0. The Morgan fingerprint density at radius 2 is 2.06 bits per heavy atom. The number of tetrazole rings is 1. The van der Waals surface area contributed by atoms with Gasteiger partial charge in [0.25, 0.3) is 5.56 Å². The lowest BCUT2D eigenvalue weighted by molar-refractivity contribution is 0.143. The van der Waals surface area contributed by atoms with Gasteiger partial charge in [0, 0.05) is 30.8 Å². The number of aromatic nitrogens is 5. The molecule has 2 N–H and O–H groups in total. The SMILES string of the molecule is CCCC(c1nnnn1C1CCCCC1)N(CCCO)Cc1cc2cc(C)ccc2[nH]c1=O. The molecular formula is C25H36N6O2. The molecule has 0 bridgehead atoms. The first-order valence-electron chi connectivity index (χ1n) is 12.4. The molecule has 0 aliphatic heterocycles. The zero-order valence-corrected chi connectivity index (χ0v) is 19.8. The predicted molar refractivity (Wildman–Crippen MR) is 129 cm³/mol. The van der Waals surface area contributed by atoms with Gasteiger partial charge in [-0.2, -0.15) is 0 Å². The van der Waals surface area contributed by atoms with Gasteiger partial charge in [0.1, 0.15) is 0 Å². The van der Waals surface area contributed by atoms with E-state index in [0.29, 0.717) is 25.6 Å². The van der Waals surface area contributed by atoms with E-state index in [-0.39, 0.29) is 18.2 Å². The molecule has 2 aromatic heterocycles. The molecule has 3 aromatic rings. The Kier molecular flexibility index (Phi) is 7.88. The number of nitrogens with one attached hydrogen (secondary N) is 1. The monoisotopic (exact) mass is 452 g/mol. The summed E-state index contributed by atoms with van der Waals surface area (Å²) < 4.78 is 2.04. The van der Waals surface area contributed by atoms with E-state index in [1.807, 2.05) is 22.9 Å². The van der Waals surface area contributed by atoms with E-state index in [4.69, 9.17) is 0 Å². The highest BCUT2D eigenvalue weighted by atomic mass is 16.3. The third-order valence-electron chi connectivity index (χ3n) is 6.79. The minimum absolute atomic E-state index is 0.00826. The van der Waals surface area contributed by atoms with Gasteiger partial charge in [-0.15, -0.1) is 5.10 Å². The molecule has 178 valence electrons. The van der Waals surface area contributed by atoms with Crippen molar-refractivity contribution in [3.63, 3.8) is 0 Å². The summed E-state index contributed by atoms with van der Waals surface area (Å²) in [4.78, 5) is 18.2. The standard InChI is InChI=1S/C25H36N6O2/c1-3-8-23(24-27-28-29-31(24)21-9-5-4-6-10-21)30(13-7-14-32)17-20-16-19-15-18(2)11-12-22(19)26-25(20)33/h11-12,15-16,21,23,32H,3-10,13-14,17H2,1-2H3,(H,26,33). The molecule has 2 heterocycles. The smallest absolute Gasteiger partial charge is 0.252 e. The van der Waals surface area contributed by atoms with E-state index < -0.39 is 0 Å². The molecule has 1 unspecified atom stereocenters. The zero-order chi connectivity index (χ0) is 23.2. The summed E-state index contributed by atoms with van der Waals surface area (Å²) in [5.41, 5.74) is 2.67. The molecule has 1 fully saturated rings. The maximum absolute atomic E-state index is 12.9. The number of aryl methyl sites for hydroxylation is 1. The van der Waals surface area contributed by atoms with Gasteiger partial charge in [-0.05, 0) is 66.6 Å². The molecule has 1 atom stereocenters. The van der Waals surface area contributed by atoms with Crippen LogP contribution in [-0.2, 0) is 6.54 Å². The fourth-order valence-corrected chi connectivity index (χ4v) is 5.08. The first-order valence-corrected chi connectivity index (χ1v) is 12.4. The van der Waals surface area contributed by atoms with Crippen molar-refractivity contribution >= 4 is 10.9 Å². The molecule has 1 aromatic carbocycles. The summed E-state index contributed by atoms with van der Waals surface area (Å²) in [7, 11) is 0. The van der Waals surface area contributed by atoms with Crippen molar-refractivity contribution in [1.29, 1.82) is 0 Å². The van der Waals surface area contributed by atoms with Gasteiger partial charge in [-0.1, -0.05) is 44.2 Å². The summed E-state index contributed by atoms with van der Waals surface area (Å²) in [6, 6.07) is 8.40. The second-order valence-corrected chi connectivity index (χ2v) is 9.34. The van der Waals surface area contributed by atoms with Crippen LogP contribution in [0.25, 0.3) is 10.9 Å². The van der Waals surface area contributed by atoms with Crippen LogP contribution in [0.3, 0.4) is 0 Å². The lowest BCUT2D eigenvalue weighted by Gasteiger charge is -2.32. The topological polar surface area (TPSA) is 99.9 Å². The van der Waals surface area contributed by atoms with Crippen LogP contribution >= 0.6 is 0 Å². The molecule has 8 heteroatoms. The van der Waals surface area contributed by atoms with Gasteiger partial charge >= 0.3 is 0 Å². The molecule has 33 heavy (non-hydrogen) atoms. The van der Waals surface area contributed by atoms with Crippen molar-refractivity contribution in [2.24, 2.45) is 0 Å². The molecule has 4 rings (SSSR count). The summed E-state index contributed by atoms with van der Waals surface area (Å²) in [6.07, 6.45) is 8.42. The van der Waals surface area contributed by atoms with Crippen LogP contribution in [0.4, 0.5) is 0 Å². The van der Waals surface area contributed by atoms with Crippen LogP contribution < -0.4 is 5.56 Å². The van der Waals surface area contributed by atoms with Crippen molar-refractivity contribution in [3.8, 4) is 0 Å². The Labute approximate surface area is 195 Å². The Hall–Kier alpha value is -2.58. The fraction of sp³-hybridized carbons (Fsp3) is 0.600. The molecule has 1 saturated carbocycles. The van der Waals surface area contributed by atoms with Crippen molar-refractivity contribution < 1.29 is 5.11 Å². The molecule has 8 nitrogen and oxygen atoms in total. The van der Waals surface area contributed by atoms with Gasteiger partial charge in [-0.3, -0.25) is 9.69 Å². The predicted octanol–water partition coefficient (Wildman–Crippen LogP) is 4.05. The Morgan fingerprint density at radius 3 is 2.82 bits per heavy atom. The summed E-state index contributed by atoms with van der Waals surface area (Å²) >= 11 is 0. The minimum atomic E-state index is -0.0672. The van der Waals surface area contributed by atoms with E-state index in [1.165, 1.54) is 19.3 Å². The number of aliphatic hydroxyl groups excluding tert-OH is 1. The molecule has 0 saturated heterocycles. The van der Waals surface area contributed by atoms with Crippen molar-refractivity contribution in [2.45, 2.75) is 83.8 Å². The van der Waals surface area contributed by atoms with Gasteiger partial charge in [0.05, 0.1) is 12.1 Å². The largest absolute Gasteiger partial charge is 0.396 e. The molecular weight excluding hydrogens is 416 g/mol. The first kappa shape index (κ1) is 23.6. The maximum atomic E-state index is 12.9. The maximum Gasteiger partial charge on any atom is 0.252 e. The van der Waals surface area contributed by atoms with Crippen LogP contribution in [0, 0.1) is 6.92 Å². The minimum Gasteiger partial charge on any atom is -0.396 e. The van der Waals surface area contributed by atoms with Crippen LogP contribution in [0.5, 0.6) is 0 Å². The van der Waals surface area contributed by atoms with Crippen LogP contribution in [0.1, 0.15) is 87.3 Å². The summed E-state index contributed by atoms with van der Waals surface area (Å²) in [5, 5.41) is 23.5.